The van der Waals surface area contributed by atoms with Crippen LogP contribution >= 0.6 is 0 Å². The summed E-state index contributed by atoms with van der Waals surface area (Å²) in [6, 6.07) is 4.01. The molecule has 9 heteroatoms. The van der Waals surface area contributed by atoms with Crippen molar-refractivity contribution in [3.05, 3.63) is 24.0 Å². The van der Waals surface area contributed by atoms with Gasteiger partial charge in [0.05, 0.1) is 6.20 Å². The molecule has 1 aliphatic heterocycles. The summed E-state index contributed by atoms with van der Waals surface area (Å²) in [5.74, 6) is 1.67. The molecule has 0 bridgehead atoms. The lowest BCUT2D eigenvalue weighted by molar-refractivity contribution is 0.0740. The zero-order valence-electron chi connectivity index (χ0n) is 15.0. The number of piperazine rings is 1. The van der Waals surface area contributed by atoms with Crippen LogP contribution in [0.1, 0.15) is 24.3 Å². The number of aryl methyl sites for hydroxylation is 1. The van der Waals surface area contributed by atoms with Gasteiger partial charge in [0.2, 0.25) is 0 Å². The van der Waals surface area contributed by atoms with Crippen molar-refractivity contribution in [3.63, 3.8) is 0 Å². The van der Waals surface area contributed by atoms with E-state index in [1.807, 2.05) is 12.1 Å². The van der Waals surface area contributed by atoms with Gasteiger partial charge in [0, 0.05) is 46.3 Å². The first kappa shape index (κ1) is 17.1. The molecule has 0 saturated carbocycles. The van der Waals surface area contributed by atoms with Crippen LogP contribution in [0.15, 0.2) is 18.3 Å². The molecule has 3 heterocycles. The third kappa shape index (κ3) is 3.70. The lowest BCUT2D eigenvalue weighted by Crippen LogP contribution is -2.49. The van der Waals surface area contributed by atoms with E-state index >= 15 is 0 Å². The fourth-order valence-corrected chi connectivity index (χ4v) is 2.95. The maximum absolute atomic E-state index is 12.4. The van der Waals surface area contributed by atoms with Gasteiger partial charge >= 0.3 is 0 Å². The van der Waals surface area contributed by atoms with Crippen LogP contribution in [0, 0.1) is 0 Å². The van der Waals surface area contributed by atoms with Gasteiger partial charge < -0.3 is 14.7 Å². The molecular formula is C16H24N8O. The Morgan fingerprint density at radius 1 is 1.08 bits per heavy atom. The van der Waals surface area contributed by atoms with Crippen LogP contribution in [0.3, 0.4) is 0 Å². The van der Waals surface area contributed by atoms with Crippen molar-refractivity contribution >= 4 is 17.5 Å². The van der Waals surface area contributed by atoms with Crippen LogP contribution in [0.5, 0.6) is 0 Å². The molecule has 9 nitrogen and oxygen atoms in total. The number of hydrogen-bond acceptors (Lipinski definition) is 7. The van der Waals surface area contributed by atoms with Crippen molar-refractivity contribution in [2.75, 3.05) is 49.1 Å². The number of aromatic nitrogens is 5. The molecule has 1 amide bonds. The van der Waals surface area contributed by atoms with E-state index in [2.05, 4.69) is 44.2 Å². The van der Waals surface area contributed by atoms with Crippen molar-refractivity contribution in [2.45, 2.75) is 13.8 Å². The molecule has 25 heavy (non-hydrogen) atoms. The van der Waals surface area contributed by atoms with E-state index in [0.29, 0.717) is 18.8 Å². The topological polar surface area (TPSA) is 83.3 Å². The summed E-state index contributed by atoms with van der Waals surface area (Å²) >= 11 is 0. The third-order valence-electron chi connectivity index (χ3n) is 4.44. The number of rotatable bonds is 5. The van der Waals surface area contributed by atoms with Gasteiger partial charge in [-0.05, 0) is 26.0 Å². The van der Waals surface area contributed by atoms with Crippen molar-refractivity contribution < 1.29 is 4.79 Å². The van der Waals surface area contributed by atoms with Gasteiger partial charge in [-0.2, -0.15) is 0 Å². The van der Waals surface area contributed by atoms with Crippen LogP contribution in [0.25, 0.3) is 0 Å². The first-order chi connectivity index (χ1) is 12.1. The van der Waals surface area contributed by atoms with E-state index < -0.39 is 0 Å². The maximum Gasteiger partial charge on any atom is 0.276 e. The molecule has 0 N–H and O–H groups in total. The highest BCUT2D eigenvalue weighted by Gasteiger charge is 2.24. The summed E-state index contributed by atoms with van der Waals surface area (Å²) in [6.45, 7) is 8.75. The standard InChI is InChI=1S/C16H24N8O/c1-4-22(5-2)14-6-7-15(19-18-14)23-8-10-24(11-9-23)16(25)13-12-21(3)20-17-13/h6-7,12H,4-5,8-11H2,1-3H3. The normalized spacial score (nSPS) is 14.7. The van der Waals surface area contributed by atoms with Crippen LogP contribution in [0.4, 0.5) is 11.6 Å². The minimum absolute atomic E-state index is 0.0734. The number of hydrogen-bond donors (Lipinski definition) is 0. The largest absolute Gasteiger partial charge is 0.356 e. The van der Waals surface area contributed by atoms with Crippen LogP contribution in [-0.4, -0.2) is 75.3 Å². The van der Waals surface area contributed by atoms with Crippen molar-refractivity contribution in [1.29, 1.82) is 0 Å². The molecule has 1 aliphatic rings. The Hall–Kier alpha value is -2.71. The molecule has 134 valence electrons. The van der Waals surface area contributed by atoms with E-state index in [9.17, 15) is 4.79 Å². The first-order valence-electron chi connectivity index (χ1n) is 8.61. The summed E-state index contributed by atoms with van der Waals surface area (Å²) < 4.78 is 1.54. The fourth-order valence-electron chi connectivity index (χ4n) is 2.95. The Kier molecular flexibility index (Phi) is 5.11. The Morgan fingerprint density at radius 3 is 2.32 bits per heavy atom. The summed E-state index contributed by atoms with van der Waals surface area (Å²) in [5.41, 5.74) is 0.388. The van der Waals surface area contributed by atoms with Crippen LogP contribution in [-0.2, 0) is 7.05 Å². The summed E-state index contributed by atoms with van der Waals surface area (Å²) in [6.07, 6.45) is 1.64. The second-order valence-corrected chi connectivity index (χ2v) is 5.98. The van der Waals surface area contributed by atoms with Gasteiger partial charge in [0.15, 0.2) is 17.3 Å². The second kappa shape index (κ2) is 7.45. The number of anilines is 2. The quantitative estimate of drug-likeness (QED) is 0.777. The maximum atomic E-state index is 12.4. The molecule has 0 unspecified atom stereocenters. The monoisotopic (exact) mass is 344 g/mol. The predicted molar refractivity (Wildman–Crippen MR) is 94.7 cm³/mol. The molecule has 0 aliphatic carbocycles. The molecule has 0 radical (unpaired) electrons. The fraction of sp³-hybridized carbons (Fsp3) is 0.562. The van der Waals surface area contributed by atoms with E-state index in [1.165, 1.54) is 4.68 Å². The van der Waals surface area contributed by atoms with E-state index in [1.54, 1.807) is 18.1 Å². The number of carbonyl (C=O) groups is 1. The lowest BCUT2D eigenvalue weighted by Gasteiger charge is -2.34. The highest BCUT2D eigenvalue weighted by atomic mass is 16.2. The Bertz CT molecular complexity index is 701. The predicted octanol–water partition coefficient (Wildman–Crippen LogP) is 0.414. The molecule has 0 atom stereocenters. The summed E-state index contributed by atoms with van der Waals surface area (Å²) in [4.78, 5) is 18.5. The molecular weight excluding hydrogens is 320 g/mol. The van der Waals surface area contributed by atoms with Gasteiger partial charge in [-0.3, -0.25) is 9.48 Å². The highest BCUT2D eigenvalue weighted by molar-refractivity contribution is 5.92. The zero-order valence-corrected chi connectivity index (χ0v) is 15.0. The minimum atomic E-state index is -0.0734. The van der Waals surface area contributed by atoms with Crippen molar-refractivity contribution in [3.8, 4) is 0 Å². The van der Waals surface area contributed by atoms with Gasteiger partial charge in [-0.25, -0.2) is 0 Å². The molecule has 3 rings (SSSR count). The van der Waals surface area contributed by atoms with Crippen molar-refractivity contribution in [2.24, 2.45) is 7.05 Å². The van der Waals surface area contributed by atoms with E-state index in [-0.39, 0.29) is 5.91 Å². The lowest BCUT2D eigenvalue weighted by atomic mass is 10.3. The molecule has 2 aromatic rings. The van der Waals surface area contributed by atoms with E-state index in [0.717, 1.165) is 37.8 Å². The Morgan fingerprint density at radius 2 is 1.80 bits per heavy atom. The van der Waals surface area contributed by atoms with Gasteiger partial charge in [-0.1, -0.05) is 5.21 Å². The molecule has 0 aromatic carbocycles. The van der Waals surface area contributed by atoms with E-state index in [4.69, 9.17) is 0 Å². The minimum Gasteiger partial charge on any atom is -0.356 e. The average molecular weight is 344 g/mol. The molecule has 2 aromatic heterocycles. The van der Waals surface area contributed by atoms with Crippen LogP contribution in [0.2, 0.25) is 0 Å². The third-order valence-corrected chi connectivity index (χ3v) is 4.44. The Labute approximate surface area is 147 Å². The van der Waals surface area contributed by atoms with Crippen LogP contribution < -0.4 is 9.80 Å². The zero-order chi connectivity index (χ0) is 17.8. The van der Waals surface area contributed by atoms with Gasteiger partial charge in [0.25, 0.3) is 5.91 Å². The summed E-state index contributed by atoms with van der Waals surface area (Å²) in [7, 11) is 1.75. The summed E-state index contributed by atoms with van der Waals surface area (Å²) in [5, 5.41) is 16.4. The second-order valence-electron chi connectivity index (χ2n) is 5.98. The van der Waals surface area contributed by atoms with Gasteiger partial charge in [0.1, 0.15) is 0 Å². The first-order valence-corrected chi connectivity index (χ1v) is 8.61. The van der Waals surface area contributed by atoms with Gasteiger partial charge in [-0.15, -0.1) is 15.3 Å². The molecule has 1 fully saturated rings. The SMILES string of the molecule is CCN(CC)c1ccc(N2CCN(C(=O)c3cn(C)nn3)CC2)nn1. The number of carbonyl (C=O) groups excluding carboxylic acids is 1. The average Bonchev–Trinajstić information content (AvgIpc) is 3.09. The Balaban J connectivity index is 1.59. The highest BCUT2D eigenvalue weighted by Crippen LogP contribution is 2.17. The number of nitrogens with zero attached hydrogens (tertiary/aromatic N) is 8. The van der Waals surface area contributed by atoms with Crippen molar-refractivity contribution in [1.82, 2.24) is 30.1 Å². The molecule has 1 saturated heterocycles. The molecule has 0 spiro atoms. The number of amides is 1. The smallest absolute Gasteiger partial charge is 0.276 e.